The van der Waals surface area contributed by atoms with Gasteiger partial charge in [-0.05, 0) is 26.0 Å². The van der Waals surface area contributed by atoms with E-state index in [0.29, 0.717) is 0 Å². The van der Waals surface area contributed by atoms with E-state index in [-0.39, 0.29) is 22.9 Å². The number of esters is 1. The Hall–Kier alpha value is -1.46. The number of nitrogens with one attached hydrogen (secondary N) is 1. The van der Waals surface area contributed by atoms with Gasteiger partial charge in [0.05, 0.1) is 12.3 Å². The van der Waals surface area contributed by atoms with Gasteiger partial charge in [-0.2, -0.15) is 0 Å². The number of benzene rings is 1. The van der Waals surface area contributed by atoms with Crippen LogP contribution in [0.1, 0.15) is 24.2 Å². The Morgan fingerprint density at radius 3 is 2.63 bits per heavy atom. The van der Waals surface area contributed by atoms with E-state index in [1.165, 1.54) is 19.1 Å². The van der Waals surface area contributed by atoms with Gasteiger partial charge in [0.1, 0.15) is 10.9 Å². The molecule has 5 nitrogen and oxygen atoms in total. The molecule has 7 heteroatoms. The fraction of sp³-hybridized carbons (Fsp3) is 0.333. The molecule has 19 heavy (non-hydrogen) atoms. The molecule has 0 heterocycles. The molecule has 2 N–H and O–H groups in total. The number of carbonyl (C=O) groups excluding carboxylic acids is 2. The Labute approximate surface area is 120 Å². The predicted octanol–water partition coefficient (Wildman–Crippen LogP) is 2.79. The standard InChI is InChI=1S/C12H13Cl2NO4/c1-3-19-12(18)8-4-7(14)5-9(10(8)16)15-11(17)6(2)13/h4-6,16H,3H2,1-2H3,(H,15,17). The van der Waals surface area contributed by atoms with Gasteiger partial charge in [0, 0.05) is 5.02 Å². The zero-order valence-electron chi connectivity index (χ0n) is 10.4. The number of halogens is 2. The van der Waals surface area contributed by atoms with E-state index >= 15 is 0 Å². The molecular formula is C12H13Cl2NO4. The van der Waals surface area contributed by atoms with Gasteiger partial charge in [0.2, 0.25) is 5.91 Å². The number of carbonyl (C=O) groups is 2. The quantitative estimate of drug-likeness (QED) is 0.509. The third kappa shape index (κ3) is 4.01. The highest BCUT2D eigenvalue weighted by Gasteiger charge is 2.19. The lowest BCUT2D eigenvalue weighted by Gasteiger charge is -2.12. The largest absolute Gasteiger partial charge is 0.505 e. The molecule has 0 aromatic heterocycles. The second-order valence-corrected chi connectivity index (χ2v) is 4.77. The average molecular weight is 306 g/mol. The first-order chi connectivity index (χ1) is 8.86. The van der Waals surface area contributed by atoms with Crippen molar-refractivity contribution in [2.75, 3.05) is 11.9 Å². The zero-order chi connectivity index (χ0) is 14.6. The molecule has 0 radical (unpaired) electrons. The summed E-state index contributed by atoms with van der Waals surface area (Å²) in [6.07, 6.45) is 0. The minimum Gasteiger partial charge on any atom is -0.505 e. The SMILES string of the molecule is CCOC(=O)c1cc(Cl)cc(NC(=O)C(C)Cl)c1O. The van der Waals surface area contributed by atoms with Crippen molar-refractivity contribution in [2.45, 2.75) is 19.2 Å². The highest BCUT2D eigenvalue weighted by atomic mass is 35.5. The summed E-state index contributed by atoms with van der Waals surface area (Å²) in [5.41, 5.74) is -0.111. The van der Waals surface area contributed by atoms with Crippen LogP contribution in [0.4, 0.5) is 5.69 Å². The number of amides is 1. The van der Waals surface area contributed by atoms with Gasteiger partial charge in [0.15, 0.2) is 5.75 Å². The Morgan fingerprint density at radius 1 is 1.47 bits per heavy atom. The fourth-order valence-electron chi connectivity index (χ4n) is 1.29. The van der Waals surface area contributed by atoms with Crippen molar-refractivity contribution in [3.63, 3.8) is 0 Å². The van der Waals surface area contributed by atoms with Crippen LogP contribution in [0.3, 0.4) is 0 Å². The topological polar surface area (TPSA) is 75.6 Å². The maximum absolute atomic E-state index is 11.6. The monoisotopic (exact) mass is 305 g/mol. The van der Waals surface area contributed by atoms with Crippen LogP contribution in [0.15, 0.2) is 12.1 Å². The van der Waals surface area contributed by atoms with Crippen LogP contribution in [0, 0.1) is 0 Å². The van der Waals surface area contributed by atoms with Crippen LogP contribution < -0.4 is 5.32 Å². The van der Waals surface area contributed by atoms with Crippen LogP contribution in [-0.2, 0) is 9.53 Å². The number of rotatable bonds is 4. The molecule has 1 aromatic carbocycles. The van der Waals surface area contributed by atoms with Crippen molar-refractivity contribution in [1.82, 2.24) is 0 Å². The number of ether oxygens (including phenoxy) is 1. The lowest BCUT2D eigenvalue weighted by molar-refractivity contribution is -0.115. The molecule has 0 aliphatic carbocycles. The molecule has 1 amide bonds. The molecule has 1 atom stereocenters. The minimum absolute atomic E-state index is 0.00746. The van der Waals surface area contributed by atoms with Crippen molar-refractivity contribution in [2.24, 2.45) is 0 Å². The molecule has 1 rings (SSSR count). The van der Waals surface area contributed by atoms with E-state index < -0.39 is 23.0 Å². The Bertz CT molecular complexity index is 503. The molecule has 104 valence electrons. The van der Waals surface area contributed by atoms with Crippen LogP contribution in [0.5, 0.6) is 5.75 Å². The summed E-state index contributed by atoms with van der Waals surface area (Å²) in [6, 6.07) is 2.57. The summed E-state index contributed by atoms with van der Waals surface area (Å²) >= 11 is 11.4. The number of phenolic OH excluding ortho intramolecular Hbond substituents is 1. The number of hydrogen-bond acceptors (Lipinski definition) is 4. The molecule has 1 unspecified atom stereocenters. The maximum atomic E-state index is 11.6. The lowest BCUT2D eigenvalue weighted by atomic mass is 10.1. The smallest absolute Gasteiger partial charge is 0.342 e. The van der Waals surface area contributed by atoms with Crippen LogP contribution >= 0.6 is 23.2 Å². The highest BCUT2D eigenvalue weighted by Crippen LogP contribution is 2.32. The normalized spacial score (nSPS) is 11.8. The van der Waals surface area contributed by atoms with Gasteiger partial charge in [-0.15, -0.1) is 11.6 Å². The van der Waals surface area contributed by atoms with Crippen molar-refractivity contribution in [3.05, 3.63) is 22.7 Å². The van der Waals surface area contributed by atoms with Crippen molar-refractivity contribution >= 4 is 40.8 Å². The van der Waals surface area contributed by atoms with Gasteiger partial charge in [0.25, 0.3) is 0 Å². The second-order valence-electron chi connectivity index (χ2n) is 3.68. The van der Waals surface area contributed by atoms with E-state index in [9.17, 15) is 14.7 Å². The number of alkyl halides is 1. The summed E-state index contributed by atoms with van der Waals surface area (Å²) in [4.78, 5) is 23.1. The van der Waals surface area contributed by atoms with Gasteiger partial charge in [-0.25, -0.2) is 4.79 Å². The first-order valence-corrected chi connectivity index (χ1v) is 6.32. The minimum atomic E-state index is -0.788. The van der Waals surface area contributed by atoms with E-state index in [0.717, 1.165) is 0 Å². The van der Waals surface area contributed by atoms with Crippen molar-refractivity contribution < 1.29 is 19.4 Å². The Balaban J connectivity index is 3.13. The highest BCUT2D eigenvalue weighted by molar-refractivity contribution is 6.33. The van der Waals surface area contributed by atoms with Crippen LogP contribution in [0.25, 0.3) is 0 Å². The van der Waals surface area contributed by atoms with Gasteiger partial charge < -0.3 is 15.2 Å². The number of hydrogen-bond donors (Lipinski definition) is 2. The average Bonchev–Trinajstić information content (AvgIpc) is 2.33. The number of anilines is 1. The summed E-state index contributed by atoms with van der Waals surface area (Å²) in [7, 11) is 0. The molecule has 0 spiro atoms. The molecule has 0 fully saturated rings. The third-order valence-electron chi connectivity index (χ3n) is 2.19. The van der Waals surface area contributed by atoms with Crippen molar-refractivity contribution in [1.29, 1.82) is 0 Å². The second kappa shape index (κ2) is 6.63. The van der Waals surface area contributed by atoms with E-state index in [1.54, 1.807) is 6.92 Å². The number of phenols is 1. The number of aromatic hydroxyl groups is 1. The van der Waals surface area contributed by atoms with Gasteiger partial charge in [-0.3, -0.25) is 4.79 Å². The molecule has 1 aromatic rings. The maximum Gasteiger partial charge on any atom is 0.342 e. The van der Waals surface area contributed by atoms with E-state index in [2.05, 4.69) is 5.32 Å². The van der Waals surface area contributed by atoms with Crippen LogP contribution in [0.2, 0.25) is 5.02 Å². The van der Waals surface area contributed by atoms with E-state index in [1.807, 2.05) is 0 Å². The summed E-state index contributed by atoms with van der Waals surface area (Å²) in [6.45, 7) is 3.27. The first kappa shape index (κ1) is 15.6. The predicted molar refractivity (Wildman–Crippen MR) is 73.0 cm³/mol. The lowest BCUT2D eigenvalue weighted by Crippen LogP contribution is -2.20. The summed E-state index contributed by atoms with van der Waals surface area (Å²) in [5.74, 6) is -1.65. The fourth-order valence-corrected chi connectivity index (χ4v) is 1.56. The molecule has 0 saturated heterocycles. The Morgan fingerprint density at radius 2 is 2.11 bits per heavy atom. The Kier molecular flexibility index (Phi) is 5.44. The molecule has 0 aliphatic heterocycles. The molecule has 0 bridgehead atoms. The van der Waals surface area contributed by atoms with Crippen molar-refractivity contribution in [3.8, 4) is 5.75 Å². The third-order valence-corrected chi connectivity index (χ3v) is 2.61. The van der Waals surface area contributed by atoms with Gasteiger partial charge >= 0.3 is 5.97 Å². The molecule has 0 saturated carbocycles. The van der Waals surface area contributed by atoms with Crippen LogP contribution in [-0.4, -0.2) is 29.0 Å². The zero-order valence-corrected chi connectivity index (χ0v) is 11.9. The first-order valence-electron chi connectivity index (χ1n) is 5.51. The van der Waals surface area contributed by atoms with Gasteiger partial charge in [-0.1, -0.05) is 11.6 Å². The summed E-state index contributed by atoms with van der Waals surface area (Å²) < 4.78 is 4.77. The molecular weight excluding hydrogens is 293 g/mol. The van der Waals surface area contributed by atoms with E-state index in [4.69, 9.17) is 27.9 Å². The molecule has 0 aliphatic rings. The summed E-state index contributed by atoms with van der Waals surface area (Å²) in [5, 5.41) is 11.7.